The van der Waals surface area contributed by atoms with Crippen LogP contribution >= 0.6 is 12.6 Å². The number of para-hydroxylation sites is 2. The maximum absolute atomic E-state index is 14.8. The van der Waals surface area contributed by atoms with Crippen LogP contribution in [0, 0.1) is 0 Å². The Bertz CT molecular complexity index is 2620. The zero-order chi connectivity index (χ0) is 53.6. The number of nitrogens with zero attached hydrogens (tertiary/aromatic N) is 3. The number of aliphatic carboxylic acids is 1. The molecule has 0 aliphatic rings. The number of hydrogen-bond donors (Lipinski definition) is 17. The van der Waals surface area contributed by atoms with Gasteiger partial charge in [-0.2, -0.15) is 12.6 Å². The van der Waals surface area contributed by atoms with Gasteiger partial charge in [-0.05, 0) is 68.7 Å². The predicted molar refractivity (Wildman–Crippen MR) is 280 cm³/mol. The highest BCUT2D eigenvalue weighted by Gasteiger charge is 2.34. The number of H-pyrrole nitrogens is 2. The van der Waals surface area contributed by atoms with E-state index in [1.54, 1.807) is 18.5 Å². The van der Waals surface area contributed by atoms with Crippen LogP contribution in [0.1, 0.15) is 56.6 Å². The van der Waals surface area contributed by atoms with Crippen LogP contribution in [0.5, 0.6) is 0 Å². The first-order valence-electron chi connectivity index (χ1n) is 23.4. The Morgan fingerprint density at radius 1 is 0.534 bits per heavy atom. The molecule has 26 nitrogen and oxygen atoms in total. The van der Waals surface area contributed by atoms with Crippen molar-refractivity contribution in [3.8, 4) is 0 Å². The molecule has 73 heavy (non-hydrogen) atoms. The Morgan fingerprint density at radius 3 is 1.32 bits per heavy atom. The molecule has 4 rings (SSSR count). The average Bonchev–Trinajstić information content (AvgIpc) is 3.96. The highest BCUT2D eigenvalue weighted by atomic mass is 32.1. The highest BCUT2D eigenvalue weighted by molar-refractivity contribution is 7.80. The van der Waals surface area contributed by atoms with E-state index in [-0.39, 0.29) is 88.2 Å². The second-order valence-corrected chi connectivity index (χ2v) is 17.5. The SMILES string of the molecule is C[C@H](NC(=O)[C@H](CCCN=C(N)N)NC(=O)[C@H](CS)NC(=O)[C@H](Cc1c[nH]c2ccccc12)NC(=O)[C@H](Cc1c[nH]c2ccccc12)NC(=O)[C@H](CCCN=C(N)N)NC(=O)[C@@H](N)CCCN=C(N)N)C(=O)O. The van der Waals surface area contributed by atoms with Crippen molar-refractivity contribution in [2.45, 2.75) is 101 Å². The third-order valence-electron chi connectivity index (χ3n) is 11.5. The maximum atomic E-state index is 14.8. The van der Waals surface area contributed by atoms with Gasteiger partial charge in [0.1, 0.15) is 36.3 Å². The topological polar surface area (TPSA) is 463 Å². The van der Waals surface area contributed by atoms with Crippen LogP contribution in [0.4, 0.5) is 0 Å². The van der Waals surface area contributed by atoms with Crippen LogP contribution in [0.15, 0.2) is 75.9 Å². The summed E-state index contributed by atoms with van der Waals surface area (Å²) in [7, 11) is 0. The number of amides is 6. The molecule has 0 saturated heterocycles. The van der Waals surface area contributed by atoms with Crippen molar-refractivity contribution >= 4 is 93.7 Å². The van der Waals surface area contributed by atoms with Crippen LogP contribution in [0.25, 0.3) is 21.8 Å². The number of nitrogens with two attached hydrogens (primary N) is 7. The molecule has 0 spiro atoms. The van der Waals surface area contributed by atoms with Crippen LogP contribution in [-0.4, -0.2) is 142 Å². The second-order valence-electron chi connectivity index (χ2n) is 17.1. The molecule has 2 aromatic carbocycles. The van der Waals surface area contributed by atoms with E-state index >= 15 is 0 Å². The van der Waals surface area contributed by atoms with Crippen molar-refractivity contribution in [2.75, 3.05) is 25.4 Å². The van der Waals surface area contributed by atoms with Crippen molar-refractivity contribution < 1.29 is 38.7 Å². The lowest BCUT2D eigenvalue weighted by atomic mass is 10.0. The first-order valence-corrected chi connectivity index (χ1v) is 24.1. The fourth-order valence-electron chi connectivity index (χ4n) is 7.59. The molecule has 6 amide bonds. The minimum absolute atomic E-state index is 0.0205. The number of fused-ring (bicyclic) bond motifs is 2. The van der Waals surface area contributed by atoms with E-state index in [1.165, 1.54) is 6.92 Å². The van der Waals surface area contributed by atoms with Crippen molar-refractivity contribution in [2.24, 2.45) is 55.1 Å². The number of nitrogens with one attached hydrogen (secondary N) is 8. The average molecular weight is 1030 g/mol. The molecule has 4 aromatic rings. The van der Waals surface area contributed by atoms with Crippen molar-refractivity contribution in [1.29, 1.82) is 0 Å². The number of thiol groups is 1. The zero-order valence-electron chi connectivity index (χ0n) is 40.4. The number of hydrogen-bond acceptors (Lipinski definition) is 12. The number of carbonyl (C=O) groups is 7. The molecule has 23 N–H and O–H groups in total. The van der Waals surface area contributed by atoms with Crippen molar-refractivity contribution in [3.63, 3.8) is 0 Å². The molecule has 0 aliphatic heterocycles. The summed E-state index contributed by atoms with van der Waals surface area (Å²) in [5, 5.41) is 26.8. The van der Waals surface area contributed by atoms with Gasteiger partial charge in [0.2, 0.25) is 35.4 Å². The summed E-state index contributed by atoms with van der Waals surface area (Å²) in [4.78, 5) is 114. The van der Waals surface area contributed by atoms with Gasteiger partial charge in [-0.1, -0.05) is 36.4 Å². The number of carboxylic acid groups (broad SMARTS) is 1. The summed E-state index contributed by atoms with van der Waals surface area (Å²) >= 11 is 4.33. The van der Waals surface area contributed by atoms with E-state index in [4.69, 9.17) is 40.1 Å². The van der Waals surface area contributed by atoms with Gasteiger partial charge in [0.25, 0.3) is 0 Å². The van der Waals surface area contributed by atoms with E-state index < -0.39 is 83.7 Å². The van der Waals surface area contributed by atoms with E-state index in [2.05, 4.69) is 69.5 Å². The zero-order valence-corrected chi connectivity index (χ0v) is 41.3. The number of aromatic amines is 2. The minimum Gasteiger partial charge on any atom is -0.480 e. The Hall–Kier alpha value is -8.07. The number of carbonyl (C=O) groups excluding carboxylic acids is 6. The molecule has 0 radical (unpaired) electrons. The summed E-state index contributed by atoms with van der Waals surface area (Å²) < 4.78 is 0. The van der Waals surface area contributed by atoms with Gasteiger partial charge in [0.05, 0.1) is 6.04 Å². The van der Waals surface area contributed by atoms with Crippen LogP contribution in [0.3, 0.4) is 0 Å². The maximum Gasteiger partial charge on any atom is 0.325 e. The van der Waals surface area contributed by atoms with Crippen molar-refractivity contribution in [3.05, 3.63) is 72.1 Å². The van der Waals surface area contributed by atoms with E-state index in [0.717, 1.165) is 21.8 Å². The number of aromatic nitrogens is 2. The lowest BCUT2D eigenvalue weighted by Crippen LogP contribution is -2.60. The summed E-state index contributed by atoms with van der Waals surface area (Å²) in [6.07, 6.45) is 4.11. The fraction of sp³-hybridized carbons (Fsp3) is 0.435. The quantitative estimate of drug-likeness (QED) is 0.0106. The second kappa shape index (κ2) is 28.7. The van der Waals surface area contributed by atoms with Crippen LogP contribution in [-0.2, 0) is 46.4 Å². The Balaban J connectivity index is 1.67. The summed E-state index contributed by atoms with van der Waals surface area (Å²) in [5.41, 5.74) is 41.7. The molecule has 2 aromatic heterocycles. The lowest BCUT2D eigenvalue weighted by molar-refractivity contribution is -0.141. The molecule has 396 valence electrons. The van der Waals surface area contributed by atoms with Crippen LogP contribution in [0.2, 0.25) is 0 Å². The number of rotatable bonds is 30. The highest BCUT2D eigenvalue weighted by Crippen LogP contribution is 2.22. The lowest BCUT2D eigenvalue weighted by Gasteiger charge is -2.27. The molecule has 0 unspecified atom stereocenters. The Morgan fingerprint density at radius 2 is 0.890 bits per heavy atom. The summed E-state index contributed by atoms with van der Waals surface area (Å²) in [6.45, 7) is 1.67. The molecule has 0 aliphatic carbocycles. The van der Waals surface area contributed by atoms with Gasteiger partial charge in [0, 0.05) is 72.4 Å². The molecule has 0 saturated carbocycles. The molecular formula is C46H68N18O8S. The van der Waals surface area contributed by atoms with Gasteiger partial charge in [-0.3, -0.25) is 48.5 Å². The van der Waals surface area contributed by atoms with Crippen LogP contribution < -0.4 is 72.0 Å². The minimum atomic E-state index is -1.41. The number of aliphatic imine (C=N–C) groups is 3. The van der Waals surface area contributed by atoms with E-state index in [1.807, 2.05) is 42.5 Å². The third kappa shape index (κ3) is 18.6. The van der Waals surface area contributed by atoms with Gasteiger partial charge >= 0.3 is 5.97 Å². The fourth-order valence-corrected chi connectivity index (χ4v) is 7.85. The number of carboxylic acids is 1. The first-order chi connectivity index (χ1) is 34.8. The summed E-state index contributed by atoms with van der Waals surface area (Å²) in [5.74, 6) is -6.81. The molecule has 7 atom stereocenters. The standard InChI is InChI=1S/C46H68N18O8S/c1-24(43(71)72)59-38(66)32(14-7-17-55-45(50)51)61-42(70)36(23-73)64-41(69)35(20-26-22-58-31-13-5-3-10-28(26)31)63-40(68)34(19-25-21-57-30-12-4-2-9-27(25)30)62-39(67)33(15-8-18-56-46(52)53)60-37(65)29(47)11-6-16-54-44(48)49/h2-5,9-10,12-13,21-22,24,29,32-36,57-58,73H,6-8,11,14-20,23,47H2,1H3,(H,59,66)(H,60,65)(H,61,70)(H,62,67)(H,63,68)(H,64,69)(H,71,72)(H4,48,49,54)(H4,50,51,55)(H4,52,53,56)/t24-,29-,32-,33-,34-,35-,36-/m0/s1. The molecule has 0 fully saturated rings. The van der Waals surface area contributed by atoms with Crippen molar-refractivity contribution in [1.82, 2.24) is 41.9 Å². The summed E-state index contributed by atoms with van der Waals surface area (Å²) in [6, 6.07) is 5.49. The number of guanidine groups is 3. The molecular weight excluding hydrogens is 965 g/mol. The Kier molecular flexibility index (Phi) is 22.6. The molecule has 27 heteroatoms. The molecule has 0 bridgehead atoms. The Labute approximate surface area is 426 Å². The largest absolute Gasteiger partial charge is 0.480 e. The van der Waals surface area contributed by atoms with E-state index in [0.29, 0.717) is 17.5 Å². The molecule has 2 heterocycles. The van der Waals surface area contributed by atoms with Gasteiger partial charge < -0.3 is 87.1 Å². The van der Waals surface area contributed by atoms with Gasteiger partial charge in [-0.15, -0.1) is 0 Å². The van der Waals surface area contributed by atoms with Gasteiger partial charge in [-0.25, -0.2) is 0 Å². The monoisotopic (exact) mass is 1030 g/mol. The predicted octanol–water partition coefficient (Wildman–Crippen LogP) is -3.13. The van der Waals surface area contributed by atoms with Gasteiger partial charge in [0.15, 0.2) is 17.9 Å². The first kappa shape index (κ1) is 57.5. The third-order valence-corrected chi connectivity index (χ3v) is 11.8. The smallest absolute Gasteiger partial charge is 0.325 e. The normalized spacial score (nSPS) is 13.9. The van der Waals surface area contributed by atoms with E-state index in [9.17, 15) is 38.7 Å². The number of benzene rings is 2.